The number of benzene rings is 7. The number of anilines is 3. The van der Waals surface area contributed by atoms with Crippen molar-refractivity contribution < 1.29 is 4.42 Å². The first-order valence-corrected chi connectivity index (χ1v) is 15.3. The summed E-state index contributed by atoms with van der Waals surface area (Å²) in [5, 5.41) is 4.79. The molecule has 45 heavy (non-hydrogen) atoms. The number of hydrogen-bond donors (Lipinski definition) is 0. The van der Waals surface area contributed by atoms with Gasteiger partial charge >= 0.3 is 0 Å². The Bertz CT molecular complexity index is 2450. The Morgan fingerprint density at radius 1 is 0.378 bits per heavy atom. The fourth-order valence-corrected chi connectivity index (χ4v) is 6.73. The Hall–Kier alpha value is -6.06. The van der Waals surface area contributed by atoms with E-state index in [-0.39, 0.29) is 0 Å². The van der Waals surface area contributed by atoms with Crippen LogP contribution in [0.5, 0.6) is 0 Å². The van der Waals surface area contributed by atoms with Crippen LogP contribution in [0.25, 0.3) is 60.6 Å². The van der Waals surface area contributed by atoms with Gasteiger partial charge in [-0.25, -0.2) is 0 Å². The first-order chi connectivity index (χ1) is 22.3. The zero-order valence-corrected chi connectivity index (χ0v) is 24.5. The maximum absolute atomic E-state index is 6.29. The predicted molar refractivity (Wildman–Crippen MR) is 188 cm³/mol. The third kappa shape index (κ3) is 4.21. The van der Waals surface area contributed by atoms with Gasteiger partial charge in [-0.2, -0.15) is 0 Å². The Morgan fingerprint density at radius 2 is 0.956 bits per heavy atom. The molecule has 0 saturated carbocycles. The highest BCUT2D eigenvalue weighted by atomic mass is 16.3. The summed E-state index contributed by atoms with van der Waals surface area (Å²) in [5.74, 6) is 0. The lowest BCUT2D eigenvalue weighted by Gasteiger charge is -2.26. The second-order valence-electron chi connectivity index (χ2n) is 11.4. The van der Waals surface area contributed by atoms with Crippen molar-refractivity contribution in [1.29, 1.82) is 0 Å². The monoisotopic (exact) mass is 576 g/mol. The predicted octanol–water partition coefficient (Wildman–Crippen LogP) is 11.8. The van der Waals surface area contributed by atoms with Crippen LogP contribution in [0.1, 0.15) is 0 Å². The summed E-state index contributed by atoms with van der Waals surface area (Å²) >= 11 is 0. The van der Waals surface area contributed by atoms with Gasteiger partial charge in [-0.05, 0) is 77.9 Å². The van der Waals surface area contributed by atoms with Gasteiger partial charge in [0.05, 0.1) is 11.0 Å². The fourth-order valence-electron chi connectivity index (χ4n) is 6.73. The SMILES string of the molecule is c1ccc(N(c2cccc(-c3cccc(-n4c5ccccc5c5ccccc54)c3)c2)c2ccc3c(c2)oc2ccccc23)cc1. The molecule has 9 aromatic rings. The van der Waals surface area contributed by atoms with Crippen LogP contribution in [0.4, 0.5) is 17.1 Å². The summed E-state index contributed by atoms with van der Waals surface area (Å²) in [6.45, 7) is 0. The molecule has 7 aromatic carbocycles. The molecular weight excluding hydrogens is 548 g/mol. The Kier molecular flexibility index (Phi) is 5.82. The summed E-state index contributed by atoms with van der Waals surface area (Å²) in [4.78, 5) is 2.30. The smallest absolute Gasteiger partial charge is 0.137 e. The standard InChI is InChI=1S/C42H28N2O/c1-2-14-31(15-3-1)43(34-24-25-38-37-20-6-9-23-41(37)45-42(38)28-34)32-16-10-12-29(26-32)30-13-11-17-33(27-30)44-39-21-7-4-18-35(39)36-19-5-8-22-40(36)44/h1-28H. The van der Waals surface area contributed by atoms with Gasteiger partial charge in [0.1, 0.15) is 11.2 Å². The molecule has 2 heterocycles. The minimum Gasteiger partial charge on any atom is -0.456 e. The molecule has 0 aliphatic rings. The van der Waals surface area contributed by atoms with Crippen molar-refractivity contribution in [2.45, 2.75) is 0 Å². The van der Waals surface area contributed by atoms with Crippen molar-refractivity contribution in [2.75, 3.05) is 4.90 Å². The first kappa shape index (κ1) is 25.4. The molecule has 0 aliphatic carbocycles. The molecule has 0 aliphatic heterocycles. The summed E-state index contributed by atoms with van der Waals surface area (Å²) < 4.78 is 8.66. The zero-order chi connectivity index (χ0) is 29.7. The van der Waals surface area contributed by atoms with Gasteiger partial charge in [-0.15, -0.1) is 0 Å². The number of hydrogen-bond acceptors (Lipinski definition) is 2. The molecule has 0 unspecified atom stereocenters. The van der Waals surface area contributed by atoms with E-state index in [1.54, 1.807) is 0 Å². The van der Waals surface area contributed by atoms with Crippen LogP contribution in [-0.2, 0) is 0 Å². The van der Waals surface area contributed by atoms with E-state index in [4.69, 9.17) is 4.42 Å². The molecule has 2 aromatic heterocycles. The zero-order valence-electron chi connectivity index (χ0n) is 24.5. The molecule has 0 radical (unpaired) electrons. The number of para-hydroxylation sites is 4. The van der Waals surface area contributed by atoms with Crippen LogP contribution >= 0.6 is 0 Å². The average molecular weight is 577 g/mol. The average Bonchev–Trinajstić information content (AvgIpc) is 3.65. The van der Waals surface area contributed by atoms with E-state index in [1.807, 2.05) is 12.1 Å². The van der Waals surface area contributed by atoms with Crippen LogP contribution in [0.3, 0.4) is 0 Å². The van der Waals surface area contributed by atoms with E-state index >= 15 is 0 Å². The van der Waals surface area contributed by atoms with Gasteiger partial charge in [-0.1, -0.05) is 97.1 Å². The van der Waals surface area contributed by atoms with Gasteiger partial charge in [0, 0.05) is 50.4 Å². The molecule has 0 N–H and O–H groups in total. The molecule has 0 fully saturated rings. The highest BCUT2D eigenvalue weighted by molar-refractivity contribution is 6.09. The molecule has 0 spiro atoms. The lowest BCUT2D eigenvalue weighted by atomic mass is 10.0. The second kappa shape index (κ2) is 10.3. The van der Waals surface area contributed by atoms with Crippen LogP contribution in [0.15, 0.2) is 174 Å². The Balaban J connectivity index is 1.18. The van der Waals surface area contributed by atoms with Crippen molar-refractivity contribution in [3.8, 4) is 16.8 Å². The summed E-state index contributed by atoms with van der Waals surface area (Å²) in [5.41, 5.74) is 10.9. The highest BCUT2D eigenvalue weighted by Gasteiger charge is 2.17. The van der Waals surface area contributed by atoms with Gasteiger partial charge in [0.15, 0.2) is 0 Å². The Labute approximate surface area is 260 Å². The van der Waals surface area contributed by atoms with Crippen molar-refractivity contribution in [2.24, 2.45) is 0 Å². The normalized spacial score (nSPS) is 11.6. The minimum atomic E-state index is 0.879. The molecule has 3 heteroatoms. The molecule has 3 nitrogen and oxygen atoms in total. The largest absolute Gasteiger partial charge is 0.456 e. The van der Waals surface area contributed by atoms with Crippen LogP contribution in [0.2, 0.25) is 0 Å². The molecular formula is C42H28N2O. The Morgan fingerprint density at radius 3 is 1.73 bits per heavy atom. The van der Waals surface area contributed by atoms with E-state index in [0.717, 1.165) is 55.8 Å². The molecule has 0 bridgehead atoms. The lowest BCUT2D eigenvalue weighted by molar-refractivity contribution is 0.669. The maximum Gasteiger partial charge on any atom is 0.137 e. The van der Waals surface area contributed by atoms with E-state index < -0.39 is 0 Å². The third-order valence-corrected chi connectivity index (χ3v) is 8.76. The van der Waals surface area contributed by atoms with Crippen molar-refractivity contribution in [1.82, 2.24) is 4.57 Å². The number of aromatic nitrogens is 1. The highest BCUT2D eigenvalue weighted by Crippen LogP contribution is 2.40. The van der Waals surface area contributed by atoms with Crippen molar-refractivity contribution in [3.63, 3.8) is 0 Å². The van der Waals surface area contributed by atoms with E-state index in [0.29, 0.717) is 0 Å². The van der Waals surface area contributed by atoms with Gasteiger partial charge in [0.2, 0.25) is 0 Å². The van der Waals surface area contributed by atoms with Crippen LogP contribution in [0, 0.1) is 0 Å². The lowest BCUT2D eigenvalue weighted by Crippen LogP contribution is -2.09. The summed E-state index contributed by atoms with van der Waals surface area (Å²) in [7, 11) is 0. The van der Waals surface area contributed by atoms with E-state index in [9.17, 15) is 0 Å². The van der Waals surface area contributed by atoms with Gasteiger partial charge < -0.3 is 13.9 Å². The van der Waals surface area contributed by atoms with Crippen LogP contribution < -0.4 is 4.90 Å². The van der Waals surface area contributed by atoms with E-state index in [1.165, 1.54) is 21.8 Å². The second-order valence-corrected chi connectivity index (χ2v) is 11.4. The maximum atomic E-state index is 6.29. The molecule has 9 rings (SSSR count). The van der Waals surface area contributed by atoms with Crippen molar-refractivity contribution in [3.05, 3.63) is 170 Å². The quantitative estimate of drug-likeness (QED) is 0.203. The summed E-state index contributed by atoms with van der Waals surface area (Å²) in [6, 6.07) is 60.2. The third-order valence-electron chi connectivity index (χ3n) is 8.76. The number of nitrogens with zero attached hydrogens (tertiary/aromatic N) is 2. The number of furan rings is 1. The first-order valence-electron chi connectivity index (χ1n) is 15.3. The minimum absolute atomic E-state index is 0.879. The van der Waals surface area contributed by atoms with Crippen LogP contribution in [-0.4, -0.2) is 4.57 Å². The number of fused-ring (bicyclic) bond motifs is 6. The van der Waals surface area contributed by atoms with Gasteiger partial charge in [-0.3, -0.25) is 0 Å². The topological polar surface area (TPSA) is 21.3 Å². The van der Waals surface area contributed by atoms with Crippen molar-refractivity contribution >= 4 is 60.8 Å². The fraction of sp³-hybridized carbons (Fsp3) is 0. The summed E-state index contributed by atoms with van der Waals surface area (Å²) in [6.07, 6.45) is 0. The number of rotatable bonds is 5. The molecule has 0 atom stereocenters. The molecule has 0 saturated heterocycles. The molecule has 0 amide bonds. The molecule has 212 valence electrons. The van der Waals surface area contributed by atoms with E-state index in [2.05, 4.69) is 167 Å². The van der Waals surface area contributed by atoms with Gasteiger partial charge in [0.25, 0.3) is 0 Å².